The van der Waals surface area contributed by atoms with Gasteiger partial charge in [0.2, 0.25) is 10.0 Å². The zero-order chi connectivity index (χ0) is 20.1. The van der Waals surface area contributed by atoms with E-state index in [1.54, 1.807) is 0 Å². The largest absolute Gasteiger partial charge is 0.361 e. The third-order valence-corrected chi connectivity index (χ3v) is 5.06. The number of nitrogens with one attached hydrogen (secondary N) is 4. The van der Waals surface area contributed by atoms with Crippen LogP contribution in [-0.2, 0) is 16.4 Å². The molecule has 2 rings (SSSR count). The SMILES string of the molecule is CCNC(=NCC(C)(C)NS(C)(=O)=O)NCCc1c[nH]c2c(C)cccc12.I. The number of aryl methyl sites for hydroxylation is 1. The van der Waals surface area contributed by atoms with Crippen molar-refractivity contribution in [2.24, 2.45) is 4.99 Å². The van der Waals surface area contributed by atoms with E-state index in [2.05, 4.69) is 56.7 Å². The predicted octanol–water partition coefficient (Wildman–Crippen LogP) is 2.52. The number of guanidine groups is 1. The number of aliphatic imine (C=N–C) groups is 1. The molecule has 1 aromatic heterocycles. The van der Waals surface area contributed by atoms with Crippen molar-refractivity contribution in [3.05, 3.63) is 35.5 Å². The lowest BCUT2D eigenvalue weighted by molar-refractivity contribution is 0.464. The number of benzene rings is 1. The van der Waals surface area contributed by atoms with E-state index in [0.29, 0.717) is 12.5 Å². The minimum Gasteiger partial charge on any atom is -0.361 e. The molecule has 0 bridgehead atoms. The molecule has 0 aliphatic carbocycles. The van der Waals surface area contributed by atoms with Crippen LogP contribution in [0.2, 0.25) is 0 Å². The van der Waals surface area contributed by atoms with Gasteiger partial charge in [-0.2, -0.15) is 0 Å². The molecule has 2 aromatic rings. The van der Waals surface area contributed by atoms with E-state index in [9.17, 15) is 8.42 Å². The molecule has 0 aliphatic rings. The fourth-order valence-electron chi connectivity index (χ4n) is 3.04. The number of halogens is 1. The number of nitrogens with zero attached hydrogens (tertiary/aromatic N) is 1. The van der Waals surface area contributed by atoms with Crippen molar-refractivity contribution in [1.29, 1.82) is 0 Å². The monoisotopic (exact) mass is 521 g/mol. The highest BCUT2D eigenvalue weighted by molar-refractivity contribution is 14.0. The normalized spacial score (nSPS) is 12.7. The molecule has 4 N–H and O–H groups in total. The molecule has 1 aromatic carbocycles. The van der Waals surface area contributed by atoms with Crippen LogP contribution in [-0.4, -0.2) is 50.8 Å². The van der Waals surface area contributed by atoms with Gasteiger partial charge in [-0.3, -0.25) is 4.99 Å². The predicted molar refractivity (Wildman–Crippen MR) is 128 cm³/mol. The Hall–Kier alpha value is -1.33. The maximum atomic E-state index is 11.5. The van der Waals surface area contributed by atoms with Crippen molar-refractivity contribution in [3.8, 4) is 0 Å². The Morgan fingerprint density at radius 2 is 1.96 bits per heavy atom. The number of H-pyrrole nitrogens is 1. The van der Waals surface area contributed by atoms with Gasteiger partial charge < -0.3 is 15.6 Å². The molecule has 0 amide bonds. The molecular weight excluding hydrogens is 489 g/mol. The summed E-state index contributed by atoms with van der Waals surface area (Å²) in [4.78, 5) is 7.87. The van der Waals surface area contributed by atoms with E-state index >= 15 is 0 Å². The summed E-state index contributed by atoms with van der Waals surface area (Å²) in [7, 11) is -3.28. The van der Waals surface area contributed by atoms with E-state index in [4.69, 9.17) is 0 Å². The van der Waals surface area contributed by atoms with Crippen LogP contribution in [0.5, 0.6) is 0 Å². The van der Waals surface area contributed by atoms with Crippen molar-refractivity contribution in [1.82, 2.24) is 20.3 Å². The Morgan fingerprint density at radius 1 is 1.25 bits per heavy atom. The first kappa shape index (κ1) is 24.7. The Labute approximate surface area is 185 Å². The van der Waals surface area contributed by atoms with Crippen LogP contribution in [0.3, 0.4) is 0 Å². The van der Waals surface area contributed by atoms with Gasteiger partial charge in [0.25, 0.3) is 0 Å². The number of hydrogen-bond donors (Lipinski definition) is 4. The molecule has 28 heavy (non-hydrogen) atoms. The number of para-hydroxylation sites is 1. The molecular formula is C19H32IN5O2S. The van der Waals surface area contributed by atoms with Crippen molar-refractivity contribution in [2.45, 2.75) is 39.7 Å². The minimum atomic E-state index is -3.28. The molecule has 9 heteroatoms. The Balaban J connectivity index is 0.00000392. The van der Waals surface area contributed by atoms with Crippen LogP contribution in [0.1, 0.15) is 31.9 Å². The van der Waals surface area contributed by atoms with E-state index in [-0.39, 0.29) is 24.0 Å². The van der Waals surface area contributed by atoms with Crippen molar-refractivity contribution < 1.29 is 8.42 Å². The first-order valence-corrected chi connectivity index (χ1v) is 11.1. The van der Waals surface area contributed by atoms with Gasteiger partial charge in [-0.1, -0.05) is 18.2 Å². The lowest BCUT2D eigenvalue weighted by Crippen LogP contribution is -2.47. The summed E-state index contributed by atoms with van der Waals surface area (Å²) in [5.74, 6) is 0.678. The highest BCUT2D eigenvalue weighted by Gasteiger charge is 2.21. The standard InChI is InChI=1S/C19H31N5O2S.HI/c1-6-20-18(23-13-19(3,4)24-27(5,25)26)21-11-10-15-12-22-17-14(2)8-7-9-16(15)17;/h7-9,12,22,24H,6,10-11,13H2,1-5H3,(H2,20,21,23);1H. The highest BCUT2D eigenvalue weighted by Crippen LogP contribution is 2.21. The molecule has 0 radical (unpaired) electrons. The minimum absolute atomic E-state index is 0. The summed E-state index contributed by atoms with van der Waals surface area (Å²) in [6, 6.07) is 6.31. The summed E-state index contributed by atoms with van der Waals surface area (Å²) in [5, 5.41) is 7.77. The van der Waals surface area contributed by atoms with Gasteiger partial charge in [-0.25, -0.2) is 13.1 Å². The average Bonchev–Trinajstić information content (AvgIpc) is 2.95. The zero-order valence-electron chi connectivity index (χ0n) is 17.2. The van der Waals surface area contributed by atoms with E-state index in [1.165, 1.54) is 22.0 Å². The van der Waals surface area contributed by atoms with Gasteiger partial charge in [0.1, 0.15) is 0 Å². The summed E-state index contributed by atoms with van der Waals surface area (Å²) in [6.07, 6.45) is 4.08. The lowest BCUT2D eigenvalue weighted by atomic mass is 10.1. The summed E-state index contributed by atoms with van der Waals surface area (Å²) >= 11 is 0. The fraction of sp³-hybridized carbons (Fsp3) is 0.526. The number of sulfonamides is 1. The van der Waals surface area contributed by atoms with Crippen molar-refractivity contribution in [3.63, 3.8) is 0 Å². The number of fused-ring (bicyclic) bond motifs is 1. The van der Waals surface area contributed by atoms with Gasteiger partial charge >= 0.3 is 0 Å². The van der Waals surface area contributed by atoms with Crippen LogP contribution in [0, 0.1) is 6.92 Å². The van der Waals surface area contributed by atoms with Crippen LogP contribution < -0.4 is 15.4 Å². The third-order valence-electron chi connectivity index (χ3n) is 4.13. The van der Waals surface area contributed by atoms with Gasteiger partial charge in [0, 0.05) is 35.7 Å². The fourth-order valence-corrected chi connectivity index (χ4v) is 4.11. The second-order valence-electron chi connectivity index (χ2n) is 7.44. The van der Waals surface area contributed by atoms with Crippen LogP contribution >= 0.6 is 24.0 Å². The smallest absolute Gasteiger partial charge is 0.209 e. The number of aromatic amines is 1. The summed E-state index contributed by atoms with van der Waals surface area (Å²) in [6.45, 7) is 9.53. The Morgan fingerprint density at radius 3 is 2.61 bits per heavy atom. The second-order valence-corrected chi connectivity index (χ2v) is 9.19. The topological polar surface area (TPSA) is 98.4 Å². The first-order chi connectivity index (χ1) is 12.6. The number of rotatable bonds is 8. The average molecular weight is 521 g/mol. The molecule has 0 saturated heterocycles. The molecule has 0 aliphatic heterocycles. The Kier molecular flexibility index (Phi) is 9.22. The number of aromatic nitrogens is 1. The molecule has 0 unspecified atom stereocenters. The molecule has 0 atom stereocenters. The quantitative estimate of drug-likeness (QED) is 0.244. The van der Waals surface area contributed by atoms with E-state index in [1.807, 2.05) is 20.8 Å². The summed E-state index contributed by atoms with van der Waals surface area (Å²) < 4.78 is 25.5. The molecule has 0 spiro atoms. The van der Waals surface area contributed by atoms with Gasteiger partial charge in [-0.05, 0) is 45.2 Å². The third kappa shape index (κ3) is 7.59. The van der Waals surface area contributed by atoms with Gasteiger partial charge in [-0.15, -0.1) is 24.0 Å². The lowest BCUT2D eigenvalue weighted by Gasteiger charge is -2.23. The van der Waals surface area contributed by atoms with Crippen LogP contribution in [0.25, 0.3) is 10.9 Å². The maximum Gasteiger partial charge on any atom is 0.209 e. The van der Waals surface area contributed by atoms with Crippen LogP contribution in [0.4, 0.5) is 0 Å². The van der Waals surface area contributed by atoms with Crippen molar-refractivity contribution >= 4 is 50.9 Å². The highest BCUT2D eigenvalue weighted by atomic mass is 127. The second kappa shape index (κ2) is 10.4. The molecule has 0 fully saturated rings. The molecule has 1 heterocycles. The van der Waals surface area contributed by atoms with Gasteiger partial charge in [0.15, 0.2) is 5.96 Å². The van der Waals surface area contributed by atoms with E-state index < -0.39 is 15.6 Å². The molecule has 158 valence electrons. The zero-order valence-corrected chi connectivity index (χ0v) is 20.4. The van der Waals surface area contributed by atoms with E-state index in [0.717, 1.165) is 25.8 Å². The maximum absolute atomic E-state index is 11.5. The first-order valence-electron chi connectivity index (χ1n) is 9.18. The summed E-state index contributed by atoms with van der Waals surface area (Å²) in [5.41, 5.74) is 3.03. The molecule has 7 nitrogen and oxygen atoms in total. The molecule has 0 saturated carbocycles. The van der Waals surface area contributed by atoms with Crippen LogP contribution in [0.15, 0.2) is 29.4 Å². The van der Waals surface area contributed by atoms with Gasteiger partial charge in [0.05, 0.1) is 12.8 Å². The van der Waals surface area contributed by atoms with Crippen molar-refractivity contribution in [2.75, 3.05) is 25.9 Å². The number of hydrogen-bond acceptors (Lipinski definition) is 3. The Bertz CT molecular complexity index is 906.